The summed E-state index contributed by atoms with van der Waals surface area (Å²) >= 11 is 3.59. The Bertz CT molecular complexity index is 1130. The molecule has 10 heteroatoms. The Morgan fingerprint density at radius 3 is 1.07 bits per heavy atom. The molecule has 0 atom stereocenters. The SMILES string of the molecule is CCCCCCCCCCCC[n+]1csc(CCOC(=O)CCCCCCCCC(=O)OCCc2sc[n+](CCCCCCCCCCCC)c2C)c1C.[I-].[I-]. The van der Waals surface area contributed by atoms with Gasteiger partial charge in [-0.2, -0.15) is 9.13 Å². The monoisotopic (exact) mass is 1040 g/mol. The first-order valence-electron chi connectivity index (χ1n) is 22.7. The highest BCUT2D eigenvalue weighted by molar-refractivity contribution is 7.09. The maximum absolute atomic E-state index is 12.3. The van der Waals surface area contributed by atoms with E-state index in [1.54, 1.807) is 22.7 Å². The molecule has 0 spiro atoms. The van der Waals surface area contributed by atoms with Crippen LogP contribution in [0.5, 0.6) is 0 Å². The lowest BCUT2D eigenvalue weighted by atomic mass is 10.1. The number of thiazole rings is 2. The summed E-state index contributed by atoms with van der Waals surface area (Å²) in [6, 6.07) is 0. The lowest BCUT2D eigenvalue weighted by Gasteiger charge is -2.05. The fourth-order valence-electron chi connectivity index (χ4n) is 7.27. The Hall–Kier alpha value is -0.340. The molecule has 0 amide bonds. The van der Waals surface area contributed by atoms with Crippen LogP contribution in [-0.4, -0.2) is 25.2 Å². The summed E-state index contributed by atoms with van der Waals surface area (Å²) in [5.41, 5.74) is 7.14. The Kier molecular flexibility index (Phi) is 38.6. The van der Waals surface area contributed by atoms with E-state index in [4.69, 9.17) is 9.47 Å². The molecule has 0 saturated carbocycles. The summed E-state index contributed by atoms with van der Waals surface area (Å²) in [5.74, 6) is -0.154. The van der Waals surface area contributed by atoms with Crippen LogP contribution in [0.3, 0.4) is 0 Å². The molecule has 0 aliphatic carbocycles. The molecule has 2 heterocycles. The predicted molar refractivity (Wildman–Crippen MR) is 228 cm³/mol. The van der Waals surface area contributed by atoms with Crippen LogP contribution in [-0.2, 0) is 45.0 Å². The van der Waals surface area contributed by atoms with E-state index in [1.165, 1.54) is 150 Å². The third-order valence-corrected chi connectivity index (χ3v) is 13.3. The van der Waals surface area contributed by atoms with Gasteiger partial charge >= 0.3 is 11.9 Å². The van der Waals surface area contributed by atoms with Crippen molar-refractivity contribution in [2.24, 2.45) is 0 Å². The number of hydrogen-bond acceptors (Lipinski definition) is 6. The van der Waals surface area contributed by atoms with Crippen LogP contribution in [0.2, 0.25) is 0 Å². The van der Waals surface area contributed by atoms with Crippen LogP contribution in [0.1, 0.15) is 215 Å². The van der Waals surface area contributed by atoms with E-state index in [0.29, 0.717) is 26.1 Å². The molecular weight excluding hydrogens is 962 g/mol. The lowest BCUT2D eigenvalue weighted by molar-refractivity contribution is -0.698. The van der Waals surface area contributed by atoms with E-state index in [2.05, 4.69) is 47.9 Å². The van der Waals surface area contributed by atoms with Gasteiger partial charge in [-0.1, -0.05) is 165 Å². The first kappa shape index (κ1) is 55.7. The molecule has 2 aromatic rings. The summed E-state index contributed by atoms with van der Waals surface area (Å²) in [4.78, 5) is 27.2. The number of esters is 2. The second-order valence-electron chi connectivity index (χ2n) is 15.8. The molecule has 0 radical (unpaired) electrons. The zero-order valence-electron chi connectivity index (χ0n) is 36.3. The zero-order chi connectivity index (χ0) is 38.9. The molecule has 0 aliphatic heterocycles. The molecule has 0 N–H and O–H groups in total. The standard InChI is InChI=1S/C46H82N2O4S2.2HI/c1-5-7-9-11-13-15-17-21-25-29-35-47-39-53-43(41(47)3)33-37-51-45(49)31-27-23-19-20-24-28-32-46(50)52-38-34-44-42(4)48(40-54-44)36-30-26-22-18-16-14-12-10-8-6-2;;/h39-40H,5-38H2,1-4H3;2*1H/q+2;;/p-2. The van der Waals surface area contributed by atoms with Crippen LogP contribution in [0.25, 0.3) is 0 Å². The number of aromatic nitrogens is 2. The number of aryl methyl sites for hydroxylation is 2. The molecular formula is C46H82I2N2O4S2. The van der Waals surface area contributed by atoms with Gasteiger partial charge in [0.2, 0.25) is 11.0 Å². The number of nitrogens with zero attached hydrogens (tertiary/aromatic N) is 2. The minimum absolute atomic E-state index is 0. The van der Waals surface area contributed by atoms with Gasteiger partial charge in [0, 0.05) is 52.4 Å². The Morgan fingerprint density at radius 1 is 0.464 bits per heavy atom. The summed E-state index contributed by atoms with van der Waals surface area (Å²) in [7, 11) is 0. The number of carbonyl (C=O) groups is 2. The van der Waals surface area contributed by atoms with Gasteiger partial charge in [0.05, 0.1) is 23.0 Å². The van der Waals surface area contributed by atoms with Crippen molar-refractivity contribution in [1.29, 1.82) is 0 Å². The third kappa shape index (κ3) is 28.2. The van der Waals surface area contributed by atoms with Crippen molar-refractivity contribution in [2.75, 3.05) is 13.2 Å². The van der Waals surface area contributed by atoms with Crippen molar-refractivity contribution >= 4 is 34.6 Å². The summed E-state index contributed by atoms with van der Waals surface area (Å²) in [6.45, 7) is 12.1. The first-order chi connectivity index (χ1) is 26.5. The van der Waals surface area contributed by atoms with Gasteiger partial charge in [0.1, 0.15) is 13.1 Å². The minimum atomic E-state index is -0.0770. The number of carbonyl (C=O) groups excluding carboxylic acids is 2. The van der Waals surface area contributed by atoms with Crippen LogP contribution in [0, 0.1) is 13.8 Å². The average Bonchev–Trinajstić information content (AvgIpc) is 3.70. The van der Waals surface area contributed by atoms with E-state index >= 15 is 0 Å². The maximum Gasteiger partial charge on any atom is 0.305 e. The predicted octanol–water partition coefficient (Wildman–Crippen LogP) is 6.84. The van der Waals surface area contributed by atoms with Crippen molar-refractivity contribution in [1.82, 2.24) is 0 Å². The molecule has 6 nitrogen and oxygen atoms in total. The molecule has 2 aromatic heterocycles. The first-order valence-corrected chi connectivity index (χ1v) is 24.5. The van der Waals surface area contributed by atoms with Crippen molar-refractivity contribution in [2.45, 2.75) is 233 Å². The van der Waals surface area contributed by atoms with E-state index in [0.717, 1.165) is 64.5 Å². The van der Waals surface area contributed by atoms with Gasteiger partial charge < -0.3 is 57.4 Å². The third-order valence-electron chi connectivity index (χ3n) is 11.0. The Labute approximate surface area is 386 Å². The number of ether oxygens (including phenoxy) is 2. The van der Waals surface area contributed by atoms with Gasteiger partial charge in [0.25, 0.3) is 0 Å². The molecule has 0 saturated heterocycles. The largest absolute Gasteiger partial charge is 1.00 e. The Balaban J connectivity index is 0.0000151. The molecule has 2 rings (SSSR count). The van der Waals surface area contributed by atoms with Crippen LogP contribution in [0.15, 0.2) is 11.0 Å². The molecule has 0 aliphatic rings. The lowest BCUT2D eigenvalue weighted by Crippen LogP contribution is -3.00. The number of hydrogen-bond donors (Lipinski definition) is 0. The fourth-order valence-corrected chi connectivity index (χ4v) is 9.28. The number of unbranched alkanes of at least 4 members (excludes halogenated alkanes) is 23. The summed E-state index contributed by atoms with van der Waals surface area (Å²) in [5, 5.41) is 0. The van der Waals surface area contributed by atoms with E-state index in [9.17, 15) is 9.59 Å². The van der Waals surface area contributed by atoms with Gasteiger partial charge in [-0.05, 0) is 25.7 Å². The molecule has 326 valence electrons. The smallest absolute Gasteiger partial charge is 0.305 e. The number of rotatable bonds is 37. The van der Waals surface area contributed by atoms with Gasteiger partial charge in [0.15, 0.2) is 11.4 Å². The average molecular weight is 1050 g/mol. The second kappa shape index (κ2) is 38.8. The number of halogens is 2. The van der Waals surface area contributed by atoms with Gasteiger partial charge in [-0.25, -0.2) is 0 Å². The minimum Gasteiger partial charge on any atom is -1.00 e. The highest BCUT2D eigenvalue weighted by Crippen LogP contribution is 2.17. The molecule has 0 unspecified atom stereocenters. The molecule has 0 bridgehead atoms. The van der Waals surface area contributed by atoms with E-state index in [1.807, 2.05) is 0 Å². The molecule has 0 aromatic carbocycles. The topological polar surface area (TPSA) is 60.4 Å². The fraction of sp³-hybridized carbons (Fsp3) is 0.826. The Morgan fingerprint density at radius 2 is 0.750 bits per heavy atom. The van der Waals surface area contributed by atoms with Crippen LogP contribution < -0.4 is 57.1 Å². The summed E-state index contributed by atoms with van der Waals surface area (Å²) < 4.78 is 15.9. The summed E-state index contributed by atoms with van der Waals surface area (Å²) in [6.07, 6.45) is 35.9. The maximum atomic E-state index is 12.3. The van der Waals surface area contributed by atoms with E-state index < -0.39 is 0 Å². The highest BCUT2D eigenvalue weighted by atomic mass is 127. The highest BCUT2D eigenvalue weighted by Gasteiger charge is 2.17. The normalized spacial score (nSPS) is 11.0. The molecule has 56 heavy (non-hydrogen) atoms. The van der Waals surface area contributed by atoms with Crippen molar-refractivity contribution < 1.29 is 76.2 Å². The van der Waals surface area contributed by atoms with Crippen molar-refractivity contribution in [3.63, 3.8) is 0 Å². The van der Waals surface area contributed by atoms with Gasteiger partial charge in [-0.15, -0.1) is 0 Å². The second-order valence-corrected chi connectivity index (χ2v) is 17.7. The zero-order valence-corrected chi connectivity index (χ0v) is 42.2. The van der Waals surface area contributed by atoms with Crippen molar-refractivity contribution in [3.8, 4) is 0 Å². The van der Waals surface area contributed by atoms with Crippen LogP contribution in [0.4, 0.5) is 0 Å². The quantitative estimate of drug-likeness (QED) is 0.0322. The van der Waals surface area contributed by atoms with Crippen LogP contribution >= 0.6 is 22.7 Å². The van der Waals surface area contributed by atoms with E-state index in [-0.39, 0.29) is 59.9 Å². The van der Waals surface area contributed by atoms with Crippen molar-refractivity contribution in [3.05, 3.63) is 32.2 Å². The van der Waals surface area contributed by atoms with Gasteiger partial charge in [-0.3, -0.25) is 9.59 Å². The molecule has 0 fully saturated rings.